The molecule has 1 N–H and O–H groups in total. The second-order valence-electron chi connectivity index (χ2n) is 6.84. The third-order valence-electron chi connectivity index (χ3n) is 5.08. The first-order chi connectivity index (χ1) is 13.7. The maximum atomic E-state index is 12.7. The molecule has 4 rings (SSSR count). The van der Waals surface area contributed by atoms with Crippen LogP contribution in [-0.2, 0) is 19.5 Å². The summed E-state index contributed by atoms with van der Waals surface area (Å²) in [5.74, 6) is 2.19. The van der Waals surface area contributed by atoms with Crippen LogP contribution in [0.5, 0.6) is 11.5 Å². The summed E-state index contributed by atoms with van der Waals surface area (Å²) >= 11 is 0. The molecular weight excluding hydrogens is 354 g/mol. The molecule has 0 fully saturated rings. The Morgan fingerprint density at radius 2 is 1.93 bits per heavy atom. The number of aromatic amines is 1. The van der Waals surface area contributed by atoms with Crippen molar-refractivity contribution in [2.75, 3.05) is 20.8 Å². The summed E-state index contributed by atoms with van der Waals surface area (Å²) < 4.78 is 10.8. The first-order valence-corrected chi connectivity index (χ1v) is 9.28. The molecule has 0 unspecified atom stereocenters. The lowest BCUT2D eigenvalue weighted by molar-refractivity contribution is 0.238. The maximum Gasteiger partial charge on any atom is 0.255 e. The molecule has 0 radical (unpaired) electrons. The Labute approximate surface area is 163 Å². The number of benzene rings is 2. The van der Waals surface area contributed by atoms with Crippen molar-refractivity contribution in [1.29, 1.82) is 0 Å². The lowest BCUT2D eigenvalue weighted by atomic mass is 10.0. The molecule has 6 heteroatoms. The van der Waals surface area contributed by atoms with Gasteiger partial charge in [0.15, 0.2) is 0 Å². The summed E-state index contributed by atoms with van der Waals surface area (Å²) in [6.07, 6.45) is 0.748. The van der Waals surface area contributed by atoms with E-state index in [-0.39, 0.29) is 5.56 Å². The van der Waals surface area contributed by atoms with Gasteiger partial charge in [-0.05, 0) is 6.07 Å². The quantitative estimate of drug-likeness (QED) is 0.740. The summed E-state index contributed by atoms with van der Waals surface area (Å²) in [6, 6.07) is 15.6. The molecule has 2 heterocycles. The Balaban J connectivity index is 1.57. The number of H-pyrrole nitrogens is 1. The second-order valence-corrected chi connectivity index (χ2v) is 6.84. The van der Waals surface area contributed by atoms with E-state index in [1.807, 2.05) is 48.5 Å². The summed E-state index contributed by atoms with van der Waals surface area (Å²) in [5, 5.41) is 0. The number of nitrogens with zero attached hydrogens (tertiary/aromatic N) is 2. The average molecular weight is 377 g/mol. The van der Waals surface area contributed by atoms with Crippen LogP contribution >= 0.6 is 0 Å². The van der Waals surface area contributed by atoms with Gasteiger partial charge in [0.25, 0.3) is 5.56 Å². The highest BCUT2D eigenvalue weighted by atomic mass is 16.5. The first kappa shape index (κ1) is 18.3. The summed E-state index contributed by atoms with van der Waals surface area (Å²) in [7, 11) is 3.29. The predicted molar refractivity (Wildman–Crippen MR) is 108 cm³/mol. The van der Waals surface area contributed by atoms with Crippen molar-refractivity contribution in [3.63, 3.8) is 0 Å². The number of methoxy groups -OCH3 is 2. The Bertz CT molecular complexity index is 1030. The van der Waals surface area contributed by atoms with Crippen LogP contribution in [0.15, 0.2) is 53.3 Å². The fraction of sp³-hybridized carbons (Fsp3) is 0.273. The molecule has 28 heavy (non-hydrogen) atoms. The van der Waals surface area contributed by atoms with Gasteiger partial charge in [-0.25, -0.2) is 4.98 Å². The molecule has 0 amide bonds. The highest BCUT2D eigenvalue weighted by molar-refractivity contribution is 5.54. The number of fused-ring (bicyclic) bond motifs is 1. The molecule has 2 aromatic carbocycles. The number of aromatic nitrogens is 2. The summed E-state index contributed by atoms with van der Waals surface area (Å²) in [4.78, 5) is 22.6. The number of hydrogen-bond acceptors (Lipinski definition) is 5. The van der Waals surface area contributed by atoms with Gasteiger partial charge >= 0.3 is 0 Å². The van der Waals surface area contributed by atoms with E-state index in [0.29, 0.717) is 18.9 Å². The van der Waals surface area contributed by atoms with Crippen LogP contribution < -0.4 is 15.0 Å². The van der Waals surface area contributed by atoms with Gasteiger partial charge in [0.1, 0.15) is 17.3 Å². The number of hydrogen-bond donors (Lipinski definition) is 1. The normalized spacial score (nSPS) is 13.8. The molecule has 3 aromatic rings. The van der Waals surface area contributed by atoms with Crippen LogP contribution in [0.3, 0.4) is 0 Å². The van der Waals surface area contributed by atoms with E-state index in [9.17, 15) is 4.79 Å². The molecule has 1 aromatic heterocycles. The van der Waals surface area contributed by atoms with Gasteiger partial charge in [-0.15, -0.1) is 0 Å². The van der Waals surface area contributed by atoms with Crippen LogP contribution in [0, 0.1) is 0 Å². The van der Waals surface area contributed by atoms with Gasteiger partial charge in [0.2, 0.25) is 0 Å². The summed E-state index contributed by atoms with van der Waals surface area (Å²) in [6.45, 7) is 2.11. The van der Waals surface area contributed by atoms with Crippen molar-refractivity contribution in [3.05, 3.63) is 75.7 Å². The van der Waals surface area contributed by atoms with Crippen LogP contribution in [-0.4, -0.2) is 35.6 Å². The van der Waals surface area contributed by atoms with Gasteiger partial charge in [0, 0.05) is 43.2 Å². The van der Waals surface area contributed by atoms with Crippen LogP contribution in [0.4, 0.5) is 0 Å². The lowest BCUT2D eigenvalue weighted by Crippen LogP contribution is -2.35. The zero-order valence-electron chi connectivity index (χ0n) is 16.1. The molecule has 144 valence electrons. The Kier molecular flexibility index (Phi) is 5.12. The van der Waals surface area contributed by atoms with Gasteiger partial charge in [-0.2, -0.15) is 0 Å². The van der Waals surface area contributed by atoms with E-state index >= 15 is 0 Å². The molecule has 0 atom stereocenters. The van der Waals surface area contributed by atoms with Crippen molar-refractivity contribution in [2.45, 2.75) is 19.5 Å². The van der Waals surface area contributed by atoms with E-state index in [1.165, 1.54) is 0 Å². The third kappa shape index (κ3) is 3.64. The molecule has 0 bridgehead atoms. The Morgan fingerprint density at radius 1 is 1.11 bits per heavy atom. The Morgan fingerprint density at radius 3 is 2.68 bits per heavy atom. The topological polar surface area (TPSA) is 67.5 Å². The first-order valence-electron chi connectivity index (χ1n) is 9.28. The maximum absolute atomic E-state index is 12.7. The van der Waals surface area contributed by atoms with E-state index < -0.39 is 0 Å². The molecule has 6 nitrogen and oxygen atoms in total. The molecule has 0 spiro atoms. The largest absolute Gasteiger partial charge is 0.497 e. The number of rotatable bonds is 5. The number of ether oxygens (including phenoxy) is 2. The van der Waals surface area contributed by atoms with Gasteiger partial charge in [0.05, 0.1) is 25.5 Å². The van der Waals surface area contributed by atoms with E-state index in [0.717, 1.165) is 46.8 Å². The van der Waals surface area contributed by atoms with Crippen molar-refractivity contribution in [2.24, 2.45) is 0 Å². The minimum Gasteiger partial charge on any atom is -0.497 e. The highest BCUT2D eigenvalue weighted by Crippen LogP contribution is 2.27. The standard InChI is InChI=1S/C22H23N3O3/c1-27-17-9-8-16(20(12-17)28-2)13-25-11-10-19-18(14-25)22(26)24-21(23-19)15-6-4-3-5-7-15/h3-9,12H,10-11,13-14H2,1-2H3,(H,23,24,26). The third-order valence-corrected chi connectivity index (χ3v) is 5.08. The smallest absolute Gasteiger partial charge is 0.255 e. The molecule has 0 saturated carbocycles. The van der Waals surface area contributed by atoms with Crippen molar-refractivity contribution in [1.82, 2.24) is 14.9 Å². The zero-order valence-corrected chi connectivity index (χ0v) is 16.1. The van der Waals surface area contributed by atoms with Gasteiger partial charge < -0.3 is 14.5 Å². The molecular formula is C22H23N3O3. The minimum atomic E-state index is -0.0600. The molecule has 0 aliphatic carbocycles. The van der Waals surface area contributed by atoms with Crippen LogP contribution in [0.25, 0.3) is 11.4 Å². The fourth-order valence-electron chi connectivity index (χ4n) is 3.57. The van der Waals surface area contributed by atoms with Gasteiger partial charge in [-0.1, -0.05) is 36.4 Å². The second kappa shape index (κ2) is 7.86. The van der Waals surface area contributed by atoms with Gasteiger partial charge in [-0.3, -0.25) is 9.69 Å². The molecule has 1 aliphatic heterocycles. The number of nitrogens with one attached hydrogen (secondary N) is 1. The zero-order chi connectivity index (χ0) is 19.5. The fourth-order valence-corrected chi connectivity index (χ4v) is 3.57. The Hall–Kier alpha value is -3.12. The predicted octanol–water partition coefficient (Wildman–Crippen LogP) is 3.01. The monoisotopic (exact) mass is 377 g/mol. The average Bonchev–Trinajstić information content (AvgIpc) is 2.75. The summed E-state index contributed by atoms with van der Waals surface area (Å²) in [5.41, 5.74) is 3.57. The molecule has 0 saturated heterocycles. The molecule has 1 aliphatic rings. The highest BCUT2D eigenvalue weighted by Gasteiger charge is 2.22. The van der Waals surface area contributed by atoms with Crippen molar-refractivity contribution < 1.29 is 9.47 Å². The van der Waals surface area contributed by atoms with E-state index in [2.05, 4.69) is 9.88 Å². The SMILES string of the molecule is COc1ccc(CN2CCc3nc(-c4ccccc4)[nH]c(=O)c3C2)c(OC)c1. The van der Waals surface area contributed by atoms with E-state index in [4.69, 9.17) is 14.5 Å². The van der Waals surface area contributed by atoms with Crippen molar-refractivity contribution >= 4 is 0 Å². The van der Waals surface area contributed by atoms with Crippen molar-refractivity contribution in [3.8, 4) is 22.9 Å². The van der Waals surface area contributed by atoms with E-state index in [1.54, 1.807) is 14.2 Å². The lowest BCUT2D eigenvalue weighted by Gasteiger charge is -2.28. The van der Waals surface area contributed by atoms with Crippen LogP contribution in [0.1, 0.15) is 16.8 Å². The minimum absolute atomic E-state index is 0.0600. The van der Waals surface area contributed by atoms with Crippen LogP contribution in [0.2, 0.25) is 0 Å².